The summed E-state index contributed by atoms with van der Waals surface area (Å²) in [5.41, 5.74) is 0.847. The molecule has 0 heterocycles. The molecule has 4 heteroatoms. The van der Waals surface area contributed by atoms with Gasteiger partial charge in [0.25, 0.3) is 0 Å². The molecule has 0 spiro atoms. The number of rotatable bonds is 8. The van der Waals surface area contributed by atoms with Crippen molar-refractivity contribution in [2.24, 2.45) is 0 Å². The summed E-state index contributed by atoms with van der Waals surface area (Å²) < 4.78 is 13.0. The Morgan fingerprint density at radius 1 is 1.44 bits per heavy atom. The van der Waals surface area contributed by atoms with Crippen molar-refractivity contribution >= 4 is 17.4 Å². The van der Waals surface area contributed by atoms with Crippen molar-refractivity contribution in [1.82, 2.24) is 4.90 Å². The Morgan fingerprint density at radius 3 is 2.89 bits per heavy atom. The maximum atomic E-state index is 13.0. The number of benzene rings is 1. The first-order chi connectivity index (χ1) is 8.63. The van der Waals surface area contributed by atoms with Crippen LogP contribution >= 0.6 is 11.8 Å². The third kappa shape index (κ3) is 5.74. The minimum Gasteiger partial charge on any atom is -0.384 e. The van der Waals surface area contributed by atoms with Crippen molar-refractivity contribution in [3.63, 3.8) is 0 Å². The molecule has 102 valence electrons. The number of halogens is 1. The van der Waals surface area contributed by atoms with Crippen molar-refractivity contribution in [3.8, 4) is 0 Å². The molecule has 2 nitrogen and oxygen atoms in total. The van der Waals surface area contributed by atoms with Crippen molar-refractivity contribution in [1.29, 1.82) is 0 Å². The third-order valence-electron chi connectivity index (χ3n) is 3.11. The highest BCUT2D eigenvalue weighted by molar-refractivity contribution is 7.98. The second-order valence-corrected chi connectivity index (χ2v) is 5.53. The van der Waals surface area contributed by atoms with Crippen LogP contribution in [0.5, 0.6) is 0 Å². The van der Waals surface area contributed by atoms with Gasteiger partial charge < -0.3 is 10.2 Å². The van der Waals surface area contributed by atoms with Gasteiger partial charge >= 0.3 is 0 Å². The fraction of sp³-hybridized carbons (Fsp3) is 0.571. The van der Waals surface area contributed by atoms with E-state index in [0.717, 1.165) is 18.8 Å². The number of thioether (sulfide) groups is 1. The number of nitrogens with zero attached hydrogens (tertiary/aromatic N) is 1. The summed E-state index contributed by atoms with van der Waals surface area (Å²) in [4.78, 5) is 2.34. The molecule has 0 aliphatic rings. The van der Waals surface area contributed by atoms with Crippen molar-refractivity contribution < 1.29 is 4.39 Å². The lowest BCUT2D eigenvalue weighted by Gasteiger charge is -2.24. The van der Waals surface area contributed by atoms with E-state index in [0.29, 0.717) is 6.04 Å². The van der Waals surface area contributed by atoms with Crippen LogP contribution in [-0.4, -0.2) is 43.1 Å². The van der Waals surface area contributed by atoms with Crippen LogP contribution in [0.1, 0.15) is 13.3 Å². The van der Waals surface area contributed by atoms with Crippen LogP contribution in [0.15, 0.2) is 24.3 Å². The molecule has 1 N–H and O–H groups in total. The molecule has 0 saturated heterocycles. The summed E-state index contributed by atoms with van der Waals surface area (Å²) in [6.45, 7) is 4.05. The minimum atomic E-state index is -0.193. The van der Waals surface area contributed by atoms with E-state index < -0.39 is 0 Å². The van der Waals surface area contributed by atoms with Gasteiger partial charge in [-0.05, 0) is 50.6 Å². The SMILES string of the molecule is CSCCC(C)N(C)CCNc1cccc(F)c1. The molecule has 1 aromatic rings. The van der Waals surface area contributed by atoms with Gasteiger partial charge in [0.2, 0.25) is 0 Å². The molecule has 0 amide bonds. The molecule has 1 aromatic carbocycles. The second kappa shape index (κ2) is 8.38. The van der Waals surface area contributed by atoms with Crippen LogP contribution in [-0.2, 0) is 0 Å². The van der Waals surface area contributed by atoms with Gasteiger partial charge in [0.1, 0.15) is 5.82 Å². The first-order valence-corrected chi connectivity index (χ1v) is 7.71. The number of nitrogens with one attached hydrogen (secondary N) is 1. The van der Waals surface area contributed by atoms with Crippen molar-refractivity contribution in [3.05, 3.63) is 30.1 Å². The normalized spacial score (nSPS) is 12.7. The van der Waals surface area contributed by atoms with Gasteiger partial charge in [0.15, 0.2) is 0 Å². The largest absolute Gasteiger partial charge is 0.384 e. The summed E-state index contributed by atoms with van der Waals surface area (Å²) >= 11 is 1.89. The zero-order chi connectivity index (χ0) is 13.4. The highest BCUT2D eigenvalue weighted by Gasteiger charge is 2.07. The topological polar surface area (TPSA) is 15.3 Å². The zero-order valence-corrected chi connectivity index (χ0v) is 12.3. The molecule has 0 aliphatic carbocycles. The predicted molar refractivity (Wildman–Crippen MR) is 80.0 cm³/mol. The van der Waals surface area contributed by atoms with E-state index in [1.807, 2.05) is 17.8 Å². The monoisotopic (exact) mass is 270 g/mol. The van der Waals surface area contributed by atoms with Gasteiger partial charge in [0, 0.05) is 24.8 Å². The Kier molecular flexibility index (Phi) is 7.13. The highest BCUT2D eigenvalue weighted by Crippen LogP contribution is 2.09. The molecule has 1 rings (SSSR count). The molecule has 0 radical (unpaired) electrons. The van der Waals surface area contributed by atoms with E-state index in [2.05, 4.69) is 30.4 Å². The lowest BCUT2D eigenvalue weighted by Crippen LogP contribution is -2.33. The molecule has 1 unspecified atom stereocenters. The molecule has 0 aromatic heterocycles. The second-order valence-electron chi connectivity index (χ2n) is 4.55. The fourth-order valence-electron chi connectivity index (χ4n) is 1.70. The maximum absolute atomic E-state index is 13.0. The molecule has 0 aliphatic heterocycles. The first-order valence-electron chi connectivity index (χ1n) is 6.32. The Bertz CT molecular complexity index is 346. The smallest absolute Gasteiger partial charge is 0.125 e. The highest BCUT2D eigenvalue weighted by atomic mass is 32.2. The maximum Gasteiger partial charge on any atom is 0.125 e. The average Bonchev–Trinajstić information content (AvgIpc) is 2.35. The number of likely N-dealkylation sites (N-methyl/N-ethyl adjacent to an activating group) is 1. The van der Waals surface area contributed by atoms with E-state index in [9.17, 15) is 4.39 Å². The van der Waals surface area contributed by atoms with Crippen LogP contribution in [0.3, 0.4) is 0 Å². The fourth-order valence-corrected chi connectivity index (χ4v) is 2.28. The van der Waals surface area contributed by atoms with E-state index >= 15 is 0 Å². The number of anilines is 1. The summed E-state index contributed by atoms with van der Waals surface area (Å²) in [6, 6.07) is 7.19. The first kappa shape index (κ1) is 15.3. The van der Waals surface area contributed by atoms with Crippen LogP contribution in [0.25, 0.3) is 0 Å². The van der Waals surface area contributed by atoms with Crippen LogP contribution in [0.4, 0.5) is 10.1 Å². The lowest BCUT2D eigenvalue weighted by molar-refractivity contribution is 0.262. The molecule has 0 bridgehead atoms. The summed E-state index contributed by atoms with van der Waals surface area (Å²) in [5, 5.41) is 3.24. The van der Waals surface area contributed by atoms with Crippen LogP contribution < -0.4 is 5.32 Å². The third-order valence-corrected chi connectivity index (χ3v) is 3.75. The lowest BCUT2D eigenvalue weighted by atomic mass is 10.2. The van der Waals surface area contributed by atoms with E-state index in [1.165, 1.54) is 24.3 Å². The van der Waals surface area contributed by atoms with Gasteiger partial charge in [-0.1, -0.05) is 6.07 Å². The van der Waals surface area contributed by atoms with Crippen molar-refractivity contribution in [2.75, 3.05) is 37.5 Å². The van der Waals surface area contributed by atoms with Gasteiger partial charge in [0.05, 0.1) is 0 Å². The van der Waals surface area contributed by atoms with E-state index in [1.54, 1.807) is 6.07 Å². The number of hydrogen-bond acceptors (Lipinski definition) is 3. The number of hydrogen-bond donors (Lipinski definition) is 1. The minimum absolute atomic E-state index is 0.193. The summed E-state index contributed by atoms with van der Waals surface area (Å²) in [6.07, 6.45) is 3.34. The molecular formula is C14H23FN2S. The predicted octanol–water partition coefficient (Wildman–Crippen LogP) is 3.31. The zero-order valence-electron chi connectivity index (χ0n) is 11.4. The Morgan fingerprint density at radius 2 is 2.22 bits per heavy atom. The molecule has 1 atom stereocenters. The Hall–Kier alpha value is -0.740. The van der Waals surface area contributed by atoms with Gasteiger partial charge in [-0.25, -0.2) is 4.39 Å². The summed E-state index contributed by atoms with van der Waals surface area (Å²) in [7, 11) is 2.14. The Balaban J connectivity index is 2.24. The molecule has 18 heavy (non-hydrogen) atoms. The quantitative estimate of drug-likeness (QED) is 0.780. The van der Waals surface area contributed by atoms with Crippen LogP contribution in [0, 0.1) is 5.82 Å². The molecular weight excluding hydrogens is 247 g/mol. The molecule has 0 saturated carbocycles. The summed E-state index contributed by atoms with van der Waals surface area (Å²) in [5.74, 6) is 1.00. The molecule has 0 fully saturated rings. The van der Waals surface area contributed by atoms with Crippen LogP contribution in [0.2, 0.25) is 0 Å². The standard InChI is InChI=1S/C14H23FN2S/c1-12(7-10-18-3)17(2)9-8-16-14-6-4-5-13(15)11-14/h4-6,11-12,16H,7-10H2,1-3H3. The van der Waals surface area contributed by atoms with E-state index in [4.69, 9.17) is 0 Å². The van der Waals surface area contributed by atoms with Crippen molar-refractivity contribution in [2.45, 2.75) is 19.4 Å². The average molecular weight is 270 g/mol. The van der Waals surface area contributed by atoms with E-state index in [-0.39, 0.29) is 5.82 Å². The van der Waals surface area contributed by atoms with Gasteiger partial charge in [-0.2, -0.15) is 11.8 Å². The Labute approximate surface area is 114 Å². The van der Waals surface area contributed by atoms with Gasteiger partial charge in [-0.15, -0.1) is 0 Å². The van der Waals surface area contributed by atoms with Gasteiger partial charge in [-0.3, -0.25) is 0 Å².